The molecule has 1 aliphatic heterocycles. The summed E-state index contributed by atoms with van der Waals surface area (Å²) in [6.07, 6.45) is 8.38. The first-order valence-electron chi connectivity index (χ1n) is 9.80. The van der Waals surface area contributed by atoms with Crippen LogP contribution in [0.15, 0.2) is 6.20 Å². The zero-order valence-electron chi connectivity index (χ0n) is 16.0. The fraction of sp³-hybridized carbons (Fsp3) is 0.750. The lowest BCUT2D eigenvalue weighted by Gasteiger charge is -2.54. The van der Waals surface area contributed by atoms with Gasteiger partial charge in [-0.25, -0.2) is 0 Å². The summed E-state index contributed by atoms with van der Waals surface area (Å²) in [4.78, 5) is 27.6. The molecule has 26 heavy (non-hydrogen) atoms. The smallest absolute Gasteiger partial charge is 0.314 e. The summed E-state index contributed by atoms with van der Waals surface area (Å²) in [6.45, 7) is 5.44. The molecule has 1 aromatic rings. The Labute approximate surface area is 154 Å². The van der Waals surface area contributed by atoms with E-state index in [1.54, 1.807) is 6.20 Å². The van der Waals surface area contributed by atoms with Crippen LogP contribution in [0.1, 0.15) is 74.3 Å². The van der Waals surface area contributed by atoms with E-state index < -0.39 is 5.41 Å². The van der Waals surface area contributed by atoms with Gasteiger partial charge < -0.3 is 9.64 Å². The summed E-state index contributed by atoms with van der Waals surface area (Å²) in [5, 5.41) is 7.27. The van der Waals surface area contributed by atoms with E-state index in [-0.39, 0.29) is 23.2 Å². The number of nitrogens with one attached hydrogen (secondary N) is 1. The highest BCUT2D eigenvalue weighted by molar-refractivity contribution is 5.96. The van der Waals surface area contributed by atoms with Crippen LogP contribution in [0.2, 0.25) is 0 Å². The zero-order valence-corrected chi connectivity index (χ0v) is 16.0. The van der Waals surface area contributed by atoms with Crippen molar-refractivity contribution >= 4 is 11.9 Å². The highest BCUT2D eigenvalue weighted by atomic mass is 16.5. The molecule has 3 fully saturated rings. The number of aromatic amines is 1. The monoisotopic (exact) mass is 359 g/mol. The Bertz CT molecular complexity index is 720. The number of rotatable bonds is 3. The molecule has 1 saturated heterocycles. The van der Waals surface area contributed by atoms with Crippen LogP contribution in [0, 0.1) is 16.7 Å². The van der Waals surface area contributed by atoms with Crippen molar-refractivity contribution in [1.29, 1.82) is 0 Å². The molecule has 0 aromatic carbocycles. The molecule has 2 aliphatic carbocycles. The Morgan fingerprint density at radius 3 is 2.65 bits per heavy atom. The minimum atomic E-state index is -0.525. The van der Waals surface area contributed by atoms with Crippen LogP contribution in [0.5, 0.6) is 0 Å². The number of amides is 1. The number of H-pyrrole nitrogens is 1. The largest absolute Gasteiger partial charge is 0.469 e. The Morgan fingerprint density at radius 2 is 2.00 bits per heavy atom. The van der Waals surface area contributed by atoms with Gasteiger partial charge in [-0.1, -0.05) is 33.1 Å². The Morgan fingerprint density at radius 1 is 1.27 bits per heavy atom. The third-order valence-electron chi connectivity index (χ3n) is 7.05. The molecule has 0 spiro atoms. The van der Waals surface area contributed by atoms with Crippen LogP contribution in [0.25, 0.3) is 0 Å². The van der Waals surface area contributed by atoms with Crippen molar-refractivity contribution in [3.8, 4) is 0 Å². The molecule has 0 unspecified atom stereocenters. The maximum Gasteiger partial charge on any atom is 0.314 e. The summed E-state index contributed by atoms with van der Waals surface area (Å²) < 4.78 is 5.09. The quantitative estimate of drug-likeness (QED) is 0.842. The number of ether oxygens (including phenoxy) is 1. The molecule has 1 N–H and O–H groups in total. The van der Waals surface area contributed by atoms with E-state index in [0.717, 1.165) is 25.0 Å². The lowest BCUT2D eigenvalue weighted by molar-refractivity contribution is -0.174. The first kappa shape index (κ1) is 17.6. The second-order valence-corrected chi connectivity index (χ2v) is 9.08. The average molecular weight is 359 g/mol. The molecule has 4 rings (SSSR count). The van der Waals surface area contributed by atoms with E-state index in [2.05, 4.69) is 24.0 Å². The molecule has 1 aromatic heterocycles. The number of hydrogen-bond donors (Lipinski definition) is 1. The predicted octanol–water partition coefficient (Wildman–Crippen LogP) is 3.12. The molecule has 2 atom stereocenters. The number of carbonyl (C=O) groups excluding carboxylic acids is 2. The van der Waals surface area contributed by atoms with E-state index in [1.165, 1.54) is 26.4 Å². The van der Waals surface area contributed by atoms with Crippen molar-refractivity contribution in [2.24, 2.45) is 16.7 Å². The van der Waals surface area contributed by atoms with Gasteiger partial charge >= 0.3 is 5.97 Å². The van der Waals surface area contributed by atoms with Crippen molar-refractivity contribution in [2.75, 3.05) is 20.2 Å². The molecular weight excluding hydrogens is 330 g/mol. The van der Waals surface area contributed by atoms with Crippen LogP contribution < -0.4 is 0 Å². The topological polar surface area (TPSA) is 75.3 Å². The van der Waals surface area contributed by atoms with Crippen molar-refractivity contribution < 1.29 is 14.3 Å². The summed E-state index contributed by atoms with van der Waals surface area (Å²) >= 11 is 0. The number of esters is 1. The van der Waals surface area contributed by atoms with E-state index in [1.807, 2.05) is 4.90 Å². The summed E-state index contributed by atoms with van der Waals surface area (Å²) in [6, 6.07) is 0. The van der Waals surface area contributed by atoms with Crippen molar-refractivity contribution in [3.63, 3.8) is 0 Å². The van der Waals surface area contributed by atoms with Gasteiger partial charge in [0, 0.05) is 19.0 Å². The van der Waals surface area contributed by atoms with Crippen LogP contribution in [-0.2, 0) is 9.53 Å². The lowest BCUT2D eigenvalue weighted by atomic mass is 9.48. The third kappa shape index (κ3) is 2.48. The Balaban J connectivity index is 1.57. The average Bonchev–Trinajstić information content (AvgIpc) is 3.25. The maximum absolute atomic E-state index is 13.3. The molecule has 142 valence electrons. The summed E-state index contributed by atoms with van der Waals surface area (Å²) in [5.41, 5.74) is 1.21. The molecule has 6 heteroatoms. The van der Waals surface area contributed by atoms with E-state index in [9.17, 15) is 9.59 Å². The predicted molar refractivity (Wildman–Crippen MR) is 96.7 cm³/mol. The van der Waals surface area contributed by atoms with Gasteiger partial charge in [-0.2, -0.15) is 5.10 Å². The van der Waals surface area contributed by atoms with Crippen molar-refractivity contribution in [1.82, 2.24) is 15.1 Å². The van der Waals surface area contributed by atoms with Gasteiger partial charge in [0.05, 0.1) is 30.0 Å². The number of nitrogens with zero attached hydrogens (tertiary/aromatic N) is 2. The molecule has 2 saturated carbocycles. The van der Waals surface area contributed by atoms with Gasteiger partial charge in [0.15, 0.2) is 0 Å². The number of fused-ring (bicyclic) bond motifs is 1. The van der Waals surface area contributed by atoms with E-state index >= 15 is 0 Å². The number of hydrogen-bond acceptors (Lipinski definition) is 4. The molecule has 0 radical (unpaired) electrons. The first-order chi connectivity index (χ1) is 12.4. The van der Waals surface area contributed by atoms with Gasteiger partial charge in [0.25, 0.3) is 5.91 Å². The molecule has 1 amide bonds. The molecule has 3 aliphatic rings. The fourth-order valence-corrected chi connectivity index (χ4v) is 5.87. The van der Waals surface area contributed by atoms with Crippen LogP contribution >= 0.6 is 0 Å². The highest BCUT2D eigenvalue weighted by Gasteiger charge is 2.68. The first-order valence-corrected chi connectivity index (χ1v) is 9.80. The number of aromatic nitrogens is 2. The number of carbonyl (C=O) groups is 2. The number of methoxy groups -OCH3 is 1. The van der Waals surface area contributed by atoms with Crippen LogP contribution in [0.3, 0.4) is 0 Å². The van der Waals surface area contributed by atoms with Crippen LogP contribution in [-0.4, -0.2) is 47.2 Å². The minimum Gasteiger partial charge on any atom is -0.469 e. The highest BCUT2D eigenvalue weighted by Crippen LogP contribution is 2.63. The molecule has 6 nitrogen and oxygen atoms in total. The standard InChI is InChI=1S/C20H29N3O3/c1-19(2)11-20(18(25)26-3)12-23(10-15(19)20)17(24)14-9-21-22-16(14)13-7-5-4-6-8-13/h9,13,15H,4-8,10-12H2,1-3H3,(H,21,22)/t15-,20+/m1/s1. The van der Waals surface area contributed by atoms with Gasteiger partial charge in [-0.3, -0.25) is 14.7 Å². The van der Waals surface area contributed by atoms with E-state index in [0.29, 0.717) is 24.6 Å². The van der Waals surface area contributed by atoms with Gasteiger partial charge in [-0.15, -0.1) is 0 Å². The Hall–Kier alpha value is -1.85. The fourth-order valence-electron chi connectivity index (χ4n) is 5.87. The molecule has 2 heterocycles. The second-order valence-electron chi connectivity index (χ2n) is 9.08. The van der Waals surface area contributed by atoms with Gasteiger partial charge in [-0.05, 0) is 30.6 Å². The zero-order chi connectivity index (χ0) is 18.5. The van der Waals surface area contributed by atoms with Crippen molar-refractivity contribution in [2.45, 2.75) is 58.3 Å². The maximum atomic E-state index is 13.3. The van der Waals surface area contributed by atoms with Crippen LogP contribution in [0.4, 0.5) is 0 Å². The summed E-state index contributed by atoms with van der Waals surface area (Å²) in [7, 11) is 1.45. The lowest BCUT2D eigenvalue weighted by Crippen LogP contribution is -2.57. The third-order valence-corrected chi connectivity index (χ3v) is 7.05. The second kappa shape index (κ2) is 6.10. The SMILES string of the molecule is COC(=O)[C@@]12CN(C(=O)c3cn[nH]c3C3CCCCC3)C[C@@H]1C(C)(C)C2. The van der Waals surface area contributed by atoms with Gasteiger partial charge in [0.2, 0.25) is 0 Å². The van der Waals surface area contributed by atoms with Gasteiger partial charge in [0.1, 0.15) is 0 Å². The normalized spacial score (nSPS) is 30.6. The summed E-state index contributed by atoms with van der Waals surface area (Å²) in [5.74, 6) is 0.400. The van der Waals surface area contributed by atoms with E-state index in [4.69, 9.17) is 4.74 Å². The molecular formula is C20H29N3O3. The van der Waals surface area contributed by atoms with Crippen molar-refractivity contribution in [3.05, 3.63) is 17.5 Å². The Kier molecular flexibility index (Phi) is 4.12. The molecule has 0 bridgehead atoms. The number of likely N-dealkylation sites (tertiary alicyclic amines) is 1. The minimum absolute atomic E-state index is 0.00722.